The lowest BCUT2D eigenvalue weighted by Crippen LogP contribution is -2.08. The Morgan fingerprint density at radius 3 is 1.74 bits per heavy atom. The maximum atomic E-state index is 11.3. The molecule has 1 aliphatic carbocycles. The van der Waals surface area contributed by atoms with Crippen LogP contribution in [0.5, 0.6) is 0 Å². The van der Waals surface area contributed by atoms with E-state index in [0.29, 0.717) is 18.8 Å². The number of aliphatic carboxylic acids is 2. The average molecular weight is 571 g/mol. The van der Waals surface area contributed by atoms with Crippen molar-refractivity contribution in [3.8, 4) is 0 Å². The Morgan fingerprint density at radius 1 is 0.846 bits per heavy atom. The highest BCUT2D eigenvalue weighted by Crippen LogP contribution is 2.44. The summed E-state index contributed by atoms with van der Waals surface area (Å²) in [6.07, 6.45) is 18.5. The van der Waals surface area contributed by atoms with Crippen LogP contribution >= 0.6 is 0 Å². The van der Waals surface area contributed by atoms with Gasteiger partial charge in [0.2, 0.25) is 0 Å². The summed E-state index contributed by atoms with van der Waals surface area (Å²) in [5.41, 5.74) is 0.393. The first-order chi connectivity index (χ1) is 18.4. The predicted molar refractivity (Wildman–Crippen MR) is 158 cm³/mol. The van der Waals surface area contributed by atoms with E-state index in [1.807, 2.05) is 13.0 Å². The van der Waals surface area contributed by atoms with Crippen LogP contribution < -0.4 is 0 Å². The molecule has 0 radical (unpaired) electrons. The van der Waals surface area contributed by atoms with Gasteiger partial charge in [0.15, 0.2) is 0 Å². The van der Waals surface area contributed by atoms with Crippen LogP contribution in [0.2, 0.25) is 0 Å². The topological polar surface area (TPSA) is 129 Å². The predicted octanol–water partition coefficient (Wildman–Crippen LogP) is 8.56. The molecule has 226 valence electrons. The van der Waals surface area contributed by atoms with Crippen molar-refractivity contribution in [3.63, 3.8) is 0 Å². The Labute approximate surface area is 237 Å². The summed E-state index contributed by atoms with van der Waals surface area (Å²) in [7, 11) is -4.10. The summed E-state index contributed by atoms with van der Waals surface area (Å²) in [6.45, 7) is 8.14. The first-order valence-electron chi connectivity index (χ1n) is 14.9. The smallest absolute Gasteiger partial charge is 0.309 e. The summed E-state index contributed by atoms with van der Waals surface area (Å²) in [5.74, 6) is -0.921. The van der Waals surface area contributed by atoms with E-state index >= 15 is 0 Å². The lowest BCUT2D eigenvalue weighted by Gasteiger charge is -2.08. The molecule has 1 aromatic rings. The molecule has 1 fully saturated rings. The van der Waals surface area contributed by atoms with Gasteiger partial charge in [-0.05, 0) is 50.2 Å². The van der Waals surface area contributed by atoms with E-state index in [4.69, 9.17) is 10.2 Å². The third-order valence-electron chi connectivity index (χ3n) is 7.30. The number of benzene rings is 1. The molecule has 0 heterocycles. The van der Waals surface area contributed by atoms with Crippen LogP contribution in [0.4, 0.5) is 0 Å². The van der Waals surface area contributed by atoms with Crippen molar-refractivity contribution in [2.75, 3.05) is 0 Å². The number of unbranched alkanes of at least 4 members (excludes halogenated alkanes) is 9. The zero-order valence-electron chi connectivity index (χ0n) is 24.8. The maximum Gasteiger partial charge on any atom is 0.309 e. The molecule has 1 aromatic carbocycles. The third kappa shape index (κ3) is 18.9. The van der Waals surface area contributed by atoms with Crippen LogP contribution in [0.25, 0.3) is 0 Å². The lowest BCUT2D eigenvalue weighted by molar-refractivity contribution is -0.142. The molecule has 1 atom stereocenters. The fourth-order valence-electron chi connectivity index (χ4n) is 4.27. The van der Waals surface area contributed by atoms with Gasteiger partial charge in [-0.1, -0.05) is 116 Å². The van der Waals surface area contributed by atoms with Crippen molar-refractivity contribution in [3.05, 3.63) is 29.8 Å². The molecule has 1 aliphatic rings. The van der Waals surface area contributed by atoms with E-state index < -0.39 is 22.1 Å². The number of hydrogen-bond acceptors (Lipinski definition) is 4. The quantitative estimate of drug-likeness (QED) is 0.119. The number of rotatable bonds is 18. The van der Waals surface area contributed by atoms with Crippen molar-refractivity contribution in [2.45, 2.75) is 142 Å². The Kier molecular flexibility index (Phi) is 19.9. The molecule has 8 heteroatoms. The van der Waals surface area contributed by atoms with E-state index in [1.54, 1.807) is 19.1 Å². The van der Waals surface area contributed by atoms with Gasteiger partial charge in [0.05, 0.1) is 10.3 Å². The minimum Gasteiger partial charge on any atom is -0.481 e. The second kappa shape index (κ2) is 20.9. The lowest BCUT2D eigenvalue weighted by atomic mass is 9.97. The van der Waals surface area contributed by atoms with Gasteiger partial charge < -0.3 is 10.2 Å². The van der Waals surface area contributed by atoms with Crippen molar-refractivity contribution >= 4 is 22.1 Å². The third-order valence-corrected chi connectivity index (χ3v) is 8.26. The normalized spacial score (nSPS) is 14.3. The van der Waals surface area contributed by atoms with E-state index in [9.17, 15) is 22.6 Å². The first kappa shape index (κ1) is 37.1. The van der Waals surface area contributed by atoms with Gasteiger partial charge in [-0.3, -0.25) is 14.1 Å². The number of carboxylic acid groups (broad SMARTS) is 2. The van der Waals surface area contributed by atoms with Crippen molar-refractivity contribution < 1.29 is 32.8 Å². The maximum absolute atomic E-state index is 11.3. The fourth-order valence-corrected chi connectivity index (χ4v) is 5.02. The van der Waals surface area contributed by atoms with Crippen LogP contribution in [0, 0.1) is 11.3 Å². The molecular formula is C31H54O7S. The minimum atomic E-state index is -4.10. The van der Waals surface area contributed by atoms with Crippen molar-refractivity contribution in [1.82, 2.24) is 0 Å². The molecule has 1 saturated carbocycles. The molecule has 7 nitrogen and oxygen atoms in total. The minimum absolute atomic E-state index is 0.0610. The van der Waals surface area contributed by atoms with Crippen molar-refractivity contribution in [2.24, 2.45) is 11.3 Å². The molecule has 0 aromatic heterocycles. The number of carbonyl (C=O) groups is 2. The largest absolute Gasteiger partial charge is 0.481 e. The fraction of sp³-hybridized carbons (Fsp3) is 0.742. The molecule has 0 spiro atoms. The van der Waals surface area contributed by atoms with Gasteiger partial charge in [-0.2, -0.15) is 8.42 Å². The van der Waals surface area contributed by atoms with E-state index in [-0.39, 0.29) is 10.3 Å². The standard InChI is InChI=1S/C18H30O3S.C8H16O2.C5H8O2/c1-2-3-4-5-6-7-8-9-10-11-14-17-15-12-13-16-18(17)22(19,20)21;1-3-5-7(4-2)6-8(9)10;1-5(2-3-5)4(6)7/h12-13,15-16H,2-11,14H2,1H3,(H,19,20,21);7H,3-6H2,1-2H3,(H,9,10);2-3H2,1H3,(H,6,7). The highest BCUT2D eigenvalue weighted by atomic mass is 32.2. The Balaban J connectivity index is 0.000000693. The van der Waals surface area contributed by atoms with Gasteiger partial charge in [-0.25, -0.2) is 0 Å². The molecule has 1 unspecified atom stereocenters. The van der Waals surface area contributed by atoms with Gasteiger partial charge in [0.25, 0.3) is 10.1 Å². The number of aryl methyl sites for hydroxylation is 1. The average Bonchev–Trinajstić information content (AvgIpc) is 3.64. The molecular weight excluding hydrogens is 516 g/mol. The summed E-state index contributed by atoms with van der Waals surface area (Å²) in [6, 6.07) is 6.73. The number of carboxylic acids is 2. The highest BCUT2D eigenvalue weighted by molar-refractivity contribution is 7.85. The second-order valence-corrected chi connectivity index (χ2v) is 12.4. The second-order valence-electron chi connectivity index (χ2n) is 11.0. The SMILES string of the molecule is CC1(C(=O)O)CC1.CCCC(CC)CC(=O)O.CCCCCCCCCCCCc1ccccc1S(=O)(=O)O. The summed E-state index contributed by atoms with van der Waals surface area (Å²) in [4.78, 5) is 20.4. The molecule has 3 N–H and O–H groups in total. The molecule has 0 bridgehead atoms. The van der Waals surface area contributed by atoms with Gasteiger partial charge in [-0.15, -0.1) is 0 Å². The van der Waals surface area contributed by atoms with Gasteiger partial charge in [0, 0.05) is 6.42 Å². The number of hydrogen-bond donors (Lipinski definition) is 3. The Bertz CT molecular complexity index is 907. The van der Waals surface area contributed by atoms with Crippen LogP contribution in [-0.4, -0.2) is 35.1 Å². The molecule has 0 saturated heterocycles. The van der Waals surface area contributed by atoms with Gasteiger partial charge in [0.1, 0.15) is 0 Å². The van der Waals surface area contributed by atoms with Crippen LogP contribution in [0.3, 0.4) is 0 Å². The van der Waals surface area contributed by atoms with E-state index in [2.05, 4.69) is 13.8 Å². The zero-order valence-corrected chi connectivity index (χ0v) is 25.6. The summed E-state index contributed by atoms with van der Waals surface area (Å²) in [5, 5.41) is 16.8. The Hall–Kier alpha value is -1.93. The molecule has 0 amide bonds. The van der Waals surface area contributed by atoms with Crippen LogP contribution in [-0.2, 0) is 26.1 Å². The first-order valence-corrected chi connectivity index (χ1v) is 16.4. The zero-order chi connectivity index (χ0) is 29.7. The Morgan fingerprint density at radius 2 is 1.36 bits per heavy atom. The van der Waals surface area contributed by atoms with Crippen LogP contribution in [0.1, 0.15) is 136 Å². The monoisotopic (exact) mass is 570 g/mol. The molecule has 2 rings (SSSR count). The van der Waals surface area contributed by atoms with Gasteiger partial charge >= 0.3 is 11.9 Å². The summed E-state index contributed by atoms with van der Waals surface area (Å²) >= 11 is 0. The highest BCUT2D eigenvalue weighted by Gasteiger charge is 2.44. The van der Waals surface area contributed by atoms with E-state index in [0.717, 1.165) is 50.5 Å². The molecule has 0 aliphatic heterocycles. The summed E-state index contributed by atoms with van der Waals surface area (Å²) < 4.78 is 31.8. The van der Waals surface area contributed by atoms with Crippen molar-refractivity contribution in [1.29, 1.82) is 0 Å². The van der Waals surface area contributed by atoms with E-state index in [1.165, 1.54) is 57.4 Å². The van der Waals surface area contributed by atoms with Crippen LogP contribution in [0.15, 0.2) is 29.2 Å². The molecule has 39 heavy (non-hydrogen) atoms.